The standard InChI is InChI=1S/C12H17BrO.C4H4BrNO2/c1-12(2,3)10-5-6-11(14-4)9(7-10)8-13;5-6-3(7)1-2-4(6)8/h5-7H,8H2,1-4H3;1-2H2. The Morgan fingerprint density at radius 2 is 1.73 bits per heavy atom. The third-order valence-electron chi connectivity index (χ3n) is 3.28. The van der Waals surface area contributed by atoms with Crippen LogP contribution >= 0.6 is 32.1 Å². The van der Waals surface area contributed by atoms with Gasteiger partial charge in [-0.15, -0.1) is 0 Å². The molecule has 1 fully saturated rings. The predicted octanol–water partition coefficient (Wildman–Crippen LogP) is 4.33. The van der Waals surface area contributed by atoms with Gasteiger partial charge in [-0.1, -0.05) is 48.8 Å². The molecule has 0 spiro atoms. The van der Waals surface area contributed by atoms with Crippen LogP contribution in [0.2, 0.25) is 0 Å². The Labute approximate surface area is 148 Å². The van der Waals surface area contributed by atoms with Crippen molar-refractivity contribution in [3.63, 3.8) is 0 Å². The molecule has 0 N–H and O–H groups in total. The molecule has 0 radical (unpaired) electrons. The van der Waals surface area contributed by atoms with Crippen LogP contribution in [-0.4, -0.2) is 22.9 Å². The first-order valence-corrected chi connectivity index (χ1v) is 8.78. The first kappa shape index (κ1) is 19.2. The van der Waals surface area contributed by atoms with Gasteiger partial charge in [0.1, 0.15) is 5.75 Å². The number of hydrogen-bond acceptors (Lipinski definition) is 3. The van der Waals surface area contributed by atoms with Gasteiger partial charge < -0.3 is 4.74 Å². The second-order valence-corrected chi connectivity index (χ2v) is 7.25. The zero-order chi connectivity index (χ0) is 16.9. The molecule has 1 aliphatic rings. The van der Waals surface area contributed by atoms with E-state index in [0.717, 1.165) is 15.0 Å². The fourth-order valence-corrected chi connectivity index (χ4v) is 2.69. The molecular weight excluding hydrogens is 414 g/mol. The Bertz CT molecular complexity index is 537. The van der Waals surface area contributed by atoms with Crippen molar-refractivity contribution in [2.24, 2.45) is 0 Å². The van der Waals surface area contributed by atoms with Gasteiger partial charge in [0.15, 0.2) is 0 Å². The van der Waals surface area contributed by atoms with Gasteiger partial charge >= 0.3 is 0 Å². The van der Waals surface area contributed by atoms with Crippen molar-refractivity contribution in [2.45, 2.75) is 44.4 Å². The van der Waals surface area contributed by atoms with Crippen molar-refractivity contribution in [3.8, 4) is 5.75 Å². The van der Waals surface area contributed by atoms with Gasteiger partial charge in [-0.3, -0.25) is 9.59 Å². The number of methoxy groups -OCH3 is 1. The Morgan fingerprint density at radius 3 is 2.05 bits per heavy atom. The minimum atomic E-state index is -0.144. The van der Waals surface area contributed by atoms with E-state index < -0.39 is 0 Å². The van der Waals surface area contributed by atoms with Crippen molar-refractivity contribution in [2.75, 3.05) is 7.11 Å². The molecule has 1 saturated heterocycles. The average molecular weight is 435 g/mol. The Balaban J connectivity index is 0.000000255. The van der Waals surface area contributed by atoms with Crippen LogP contribution in [-0.2, 0) is 20.3 Å². The molecule has 0 atom stereocenters. The average Bonchev–Trinajstić information content (AvgIpc) is 2.77. The number of hydrogen-bond donors (Lipinski definition) is 0. The molecule has 22 heavy (non-hydrogen) atoms. The molecule has 4 nitrogen and oxygen atoms in total. The second-order valence-electron chi connectivity index (χ2n) is 5.98. The zero-order valence-electron chi connectivity index (χ0n) is 13.3. The van der Waals surface area contributed by atoms with E-state index in [1.165, 1.54) is 11.1 Å². The minimum Gasteiger partial charge on any atom is -0.496 e. The second kappa shape index (κ2) is 8.11. The number of ether oxygens (including phenoxy) is 1. The van der Waals surface area contributed by atoms with E-state index in [2.05, 4.69) is 65.0 Å². The highest BCUT2D eigenvalue weighted by molar-refractivity contribution is 9.08. The van der Waals surface area contributed by atoms with Crippen LogP contribution in [0.5, 0.6) is 5.75 Å². The van der Waals surface area contributed by atoms with Crippen molar-refractivity contribution < 1.29 is 14.3 Å². The predicted molar refractivity (Wildman–Crippen MR) is 94.3 cm³/mol. The minimum absolute atomic E-state index is 0.144. The lowest BCUT2D eigenvalue weighted by atomic mass is 9.86. The van der Waals surface area contributed by atoms with E-state index in [9.17, 15) is 9.59 Å². The molecule has 0 saturated carbocycles. The molecule has 0 aliphatic carbocycles. The van der Waals surface area contributed by atoms with Crippen LogP contribution in [0, 0.1) is 0 Å². The molecule has 2 rings (SSSR count). The van der Waals surface area contributed by atoms with Crippen molar-refractivity contribution >= 4 is 43.9 Å². The third kappa shape index (κ3) is 5.09. The van der Waals surface area contributed by atoms with Crippen LogP contribution in [0.1, 0.15) is 44.7 Å². The van der Waals surface area contributed by atoms with Crippen molar-refractivity contribution in [1.29, 1.82) is 0 Å². The summed E-state index contributed by atoms with van der Waals surface area (Å²) in [5.41, 5.74) is 2.75. The Hall–Kier alpha value is -0.880. The molecule has 0 bridgehead atoms. The monoisotopic (exact) mass is 433 g/mol. The van der Waals surface area contributed by atoms with E-state index in [1.54, 1.807) is 7.11 Å². The van der Waals surface area contributed by atoms with Gasteiger partial charge in [-0.05, 0) is 17.0 Å². The van der Waals surface area contributed by atoms with E-state index in [0.29, 0.717) is 12.8 Å². The first-order valence-electron chi connectivity index (χ1n) is 6.95. The number of alkyl halides is 1. The number of imide groups is 1. The van der Waals surface area contributed by atoms with Gasteiger partial charge in [0.05, 0.1) is 23.3 Å². The Morgan fingerprint density at radius 1 is 1.18 bits per heavy atom. The molecule has 2 amide bonds. The van der Waals surface area contributed by atoms with E-state index in [-0.39, 0.29) is 17.2 Å². The molecule has 0 aromatic heterocycles. The number of nitrogens with zero attached hydrogens (tertiary/aromatic N) is 1. The molecule has 1 aromatic rings. The molecule has 1 aliphatic heterocycles. The molecule has 122 valence electrons. The molecular formula is C16H21Br2NO3. The summed E-state index contributed by atoms with van der Waals surface area (Å²) < 4.78 is 6.25. The largest absolute Gasteiger partial charge is 0.496 e. The van der Waals surface area contributed by atoms with Crippen molar-refractivity contribution in [1.82, 2.24) is 3.93 Å². The highest BCUT2D eigenvalue weighted by Gasteiger charge is 2.26. The fourth-order valence-electron chi connectivity index (χ4n) is 1.90. The molecule has 1 aromatic carbocycles. The summed E-state index contributed by atoms with van der Waals surface area (Å²) in [5.74, 6) is 0.667. The molecule has 1 heterocycles. The summed E-state index contributed by atoms with van der Waals surface area (Å²) in [7, 11) is 1.71. The van der Waals surface area contributed by atoms with Crippen LogP contribution in [0.25, 0.3) is 0 Å². The number of carbonyl (C=O) groups excluding carboxylic acids is 2. The van der Waals surface area contributed by atoms with Gasteiger partial charge in [-0.2, -0.15) is 0 Å². The van der Waals surface area contributed by atoms with E-state index in [4.69, 9.17) is 4.74 Å². The number of rotatable bonds is 2. The number of carbonyl (C=O) groups is 2. The smallest absolute Gasteiger partial charge is 0.239 e. The van der Waals surface area contributed by atoms with E-state index in [1.807, 2.05) is 6.07 Å². The van der Waals surface area contributed by atoms with E-state index >= 15 is 0 Å². The SMILES string of the molecule is COc1ccc(C(C)(C)C)cc1CBr.O=C1CCC(=O)N1Br. The van der Waals surface area contributed by atoms with Gasteiger partial charge in [0.25, 0.3) is 0 Å². The van der Waals surface area contributed by atoms with Crippen LogP contribution in [0.3, 0.4) is 0 Å². The summed E-state index contributed by atoms with van der Waals surface area (Å²) >= 11 is 6.27. The maximum absolute atomic E-state index is 10.4. The van der Waals surface area contributed by atoms with Gasteiger partial charge in [0.2, 0.25) is 11.8 Å². The van der Waals surface area contributed by atoms with Crippen molar-refractivity contribution in [3.05, 3.63) is 29.3 Å². The zero-order valence-corrected chi connectivity index (χ0v) is 16.5. The number of amides is 2. The first-order chi connectivity index (χ1) is 10.2. The lowest BCUT2D eigenvalue weighted by molar-refractivity contribution is -0.131. The summed E-state index contributed by atoms with van der Waals surface area (Å²) in [6.07, 6.45) is 0.703. The van der Waals surface area contributed by atoms with Gasteiger partial charge in [0, 0.05) is 23.7 Å². The highest BCUT2D eigenvalue weighted by atomic mass is 79.9. The highest BCUT2D eigenvalue weighted by Crippen LogP contribution is 2.28. The lowest BCUT2D eigenvalue weighted by Gasteiger charge is -2.20. The number of benzene rings is 1. The summed E-state index contributed by atoms with van der Waals surface area (Å²) in [4.78, 5) is 20.9. The van der Waals surface area contributed by atoms with Gasteiger partial charge in [-0.25, -0.2) is 3.93 Å². The Kier molecular flexibility index (Phi) is 7.06. The maximum atomic E-state index is 10.4. The van der Waals surface area contributed by atoms with Crippen LogP contribution in [0.15, 0.2) is 18.2 Å². The van der Waals surface area contributed by atoms with Crippen LogP contribution in [0.4, 0.5) is 0 Å². The topological polar surface area (TPSA) is 46.6 Å². The summed E-state index contributed by atoms with van der Waals surface area (Å²) in [6.45, 7) is 6.65. The van der Waals surface area contributed by atoms with Crippen LogP contribution < -0.4 is 4.74 Å². The summed E-state index contributed by atoms with van der Waals surface area (Å²) in [5, 5.41) is 0.833. The fraction of sp³-hybridized carbons (Fsp3) is 0.500. The maximum Gasteiger partial charge on any atom is 0.239 e. The number of halogens is 2. The quantitative estimate of drug-likeness (QED) is 0.395. The normalized spacial score (nSPS) is 14.7. The third-order valence-corrected chi connectivity index (χ3v) is 4.68. The lowest BCUT2D eigenvalue weighted by Crippen LogP contribution is -2.16. The molecule has 0 unspecified atom stereocenters. The summed E-state index contributed by atoms with van der Waals surface area (Å²) in [6, 6.07) is 6.37. The molecule has 6 heteroatoms.